The van der Waals surface area contributed by atoms with E-state index in [0.29, 0.717) is 0 Å². The normalized spacial score (nSPS) is 13.8. The first-order valence-electron chi connectivity index (χ1n) is 11.4. The van der Waals surface area contributed by atoms with Gasteiger partial charge in [0.25, 0.3) is 0 Å². The Morgan fingerprint density at radius 3 is 1.88 bits per heavy atom. The number of hydrogen-bond acceptors (Lipinski definition) is 1. The van der Waals surface area contributed by atoms with E-state index in [4.69, 9.17) is 0 Å². The number of hydrogen-bond donors (Lipinski definition) is 0. The van der Waals surface area contributed by atoms with Gasteiger partial charge < -0.3 is 0 Å². The minimum absolute atomic E-state index is 1.32. The highest BCUT2D eigenvalue weighted by atomic mass is 32.1. The zero-order valence-corrected chi connectivity index (χ0v) is 20.2. The summed E-state index contributed by atoms with van der Waals surface area (Å²) < 4.78 is 2.75. The number of thiophene rings is 1. The van der Waals surface area contributed by atoms with Crippen molar-refractivity contribution < 1.29 is 0 Å². The molecule has 0 aliphatic carbocycles. The van der Waals surface area contributed by atoms with Gasteiger partial charge in [-0.25, -0.2) is 0 Å². The standard InChI is InChI=1S/C31H22SSi/c1-21-16-17-30-26(18-21)27-19-29-25(24-14-8-9-15-28(24)32-29)20-31(27)33(30,22-10-4-2-5-11-22)23-12-6-3-7-13-23/h2-20H,1H3. The molecule has 7 rings (SSSR count). The van der Waals surface area contributed by atoms with Crippen LogP contribution >= 0.6 is 11.3 Å². The predicted molar refractivity (Wildman–Crippen MR) is 147 cm³/mol. The lowest BCUT2D eigenvalue weighted by Gasteiger charge is -2.31. The average molecular weight is 455 g/mol. The molecule has 0 unspecified atom stereocenters. The van der Waals surface area contributed by atoms with Crippen molar-refractivity contribution in [3.63, 3.8) is 0 Å². The highest BCUT2D eigenvalue weighted by Crippen LogP contribution is 2.38. The third-order valence-electron chi connectivity index (χ3n) is 7.20. The van der Waals surface area contributed by atoms with Gasteiger partial charge in [0.1, 0.15) is 0 Å². The maximum absolute atomic E-state index is 2.55. The molecule has 0 nitrogen and oxygen atoms in total. The van der Waals surface area contributed by atoms with E-state index in [1.165, 1.54) is 57.6 Å². The van der Waals surface area contributed by atoms with Crippen LogP contribution in [0.4, 0.5) is 0 Å². The van der Waals surface area contributed by atoms with Gasteiger partial charge >= 0.3 is 0 Å². The van der Waals surface area contributed by atoms with E-state index >= 15 is 0 Å². The molecular formula is C31H22SSi. The second-order valence-corrected chi connectivity index (χ2v) is 13.8. The second kappa shape index (κ2) is 7.02. The van der Waals surface area contributed by atoms with Crippen molar-refractivity contribution in [3.8, 4) is 11.1 Å². The molecule has 0 N–H and O–H groups in total. The predicted octanol–water partition coefficient (Wildman–Crippen LogP) is 5.72. The molecule has 1 aliphatic heterocycles. The first kappa shape index (κ1) is 19.0. The zero-order valence-electron chi connectivity index (χ0n) is 18.4. The maximum Gasteiger partial charge on any atom is 0.180 e. The first-order chi connectivity index (χ1) is 16.3. The molecule has 6 aromatic rings. The molecule has 2 heterocycles. The van der Waals surface area contributed by atoms with Crippen molar-refractivity contribution in [1.29, 1.82) is 0 Å². The first-order valence-corrected chi connectivity index (χ1v) is 14.3. The van der Waals surface area contributed by atoms with Crippen molar-refractivity contribution in [2.45, 2.75) is 6.92 Å². The van der Waals surface area contributed by atoms with Crippen molar-refractivity contribution in [3.05, 3.63) is 121 Å². The van der Waals surface area contributed by atoms with E-state index in [1.54, 1.807) is 0 Å². The molecule has 5 aromatic carbocycles. The number of rotatable bonds is 2. The Labute approximate surface area is 198 Å². The summed E-state index contributed by atoms with van der Waals surface area (Å²) in [6, 6.07) is 43.5. The van der Waals surface area contributed by atoms with Gasteiger partial charge in [0, 0.05) is 20.2 Å². The van der Waals surface area contributed by atoms with Crippen LogP contribution in [0.1, 0.15) is 5.56 Å². The summed E-state index contributed by atoms with van der Waals surface area (Å²) in [6.07, 6.45) is 0. The van der Waals surface area contributed by atoms with Crippen molar-refractivity contribution in [2.24, 2.45) is 0 Å². The Morgan fingerprint density at radius 1 is 0.515 bits per heavy atom. The van der Waals surface area contributed by atoms with Crippen LogP contribution < -0.4 is 20.7 Å². The topological polar surface area (TPSA) is 0 Å². The van der Waals surface area contributed by atoms with Crippen LogP contribution in [-0.2, 0) is 0 Å². The minimum Gasteiger partial charge on any atom is -0.135 e. The van der Waals surface area contributed by atoms with Crippen LogP contribution in [-0.4, -0.2) is 8.07 Å². The van der Waals surface area contributed by atoms with Gasteiger partial charge in [-0.2, -0.15) is 0 Å². The molecule has 0 saturated heterocycles. The minimum atomic E-state index is -2.42. The largest absolute Gasteiger partial charge is 0.180 e. The van der Waals surface area contributed by atoms with E-state index in [-0.39, 0.29) is 0 Å². The molecule has 1 aliphatic rings. The SMILES string of the molecule is Cc1ccc2c(c1)-c1cc3sc4ccccc4c3cc1[Si]2(c1ccccc1)c1ccccc1. The van der Waals surface area contributed by atoms with Crippen LogP contribution in [0, 0.1) is 6.92 Å². The van der Waals surface area contributed by atoms with E-state index < -0.39 is 8.07 Å². The molecule has 0 fully saturated rings. The summed E-state index contributed by atoms with van der Waals surface area (Å²) in [6.45, 7) is 2.21. The highest BCUT2D eigenvalue weighted by Gasteiger charge is 2.48. The van der Waals surface area contributed by atoms with Crippen molar-refractivity contribution in [2.75, 3.05) is 0 Å². The van der Waals surface area contributed by atoms with Crippen molar-refractivity contribution >= 4 is 60.3 Å². The molecule has 1 aromatic heterocycles. The Balaban J connectivity index is 1.70. The number of benzene rings is 5. The Kier molecular flexibility index (Phi) is 4.05. The summed E-state index contributed by atoms with van der Waals surface area (Å²) in [5, 5.41) is 8.72. The number of fused-ring (bicyclic) bond motifs is 6. The molecule has 0 radical (unpaired) electrons. The second-order valence-electron chi connectivity index (χ2n) is 9.02. The third kappa shape index (κ3) is 2.56. The Morgan fingerprint density at radius 2 is 1.15 bits per heavy atom. The van der Waals surface area contributed by atoms with Gasteiger partial charge in [0.2, 0.25) is 0 Å². The smallest absolute Gasteiger partial charge is 0.135 e. The Bertz CT molecular complexity index is 1620. The summed E-state index contributed by atoms with van der Waals surface area (Å²) in [7, 11) is -2.42. The lowest BCUT2D eigenvalue weighted by Crippen LogP contribution is -2.72. The molecule has 156 valence electrons. The van der Waals surface area contributed by atoms with Gasteiger partial charge in [-0.3, -0.25) is 0 Å². The van der Waals surface area contributed by atoms with Gasteiger partial charge in [-0.05, 0) is 50.9 Å². The highest BCUT2D eigenvalue weighted by molar-refractivity contribution is 7.26. The molecule has 0 atom stereocenters. The molecule has 33 heavy (non-hydrogen) atoms. The van der Waals surface area contributed by atoms with Gasteiger partial charge in [0.15, 0.2) is 8.07 Å². The Hall–Kier alpha value is -3.46. The molecule has 0 amide bonds. The fraction of sp³-hybridized carbons (Fsp3) is 0.0323. The van der Waals surface area contributed by atoms with Crippen LogP contribution in [0.25, 0.3) is 31.3 Å². The van der Waals surface area contributed by atoms with Crippen LogP contribution in [0.3, 0.4) is 0 Å². The van der Waals surface area contributed by atoms with E-state index in [1.807, 2.05) is 11.3 Å². The molecule has 0 bridgehead atoms. The fourth-order valence-electron chi connectivity index (χ4n) is 5.82. The van der Waals surface area contributed by atoms with Gasteiger partial charge in [-0.15, -0.1) is 11.3 Å². The van der Waals surface area contributed by atoms with Crippen molar-refractivity contribution in [1.82, 2.24) is 0 Å². The summed E-state index contributed by atoms with van der Waals surface area (Å²) in [5.74, 6) is 0. The van der Waals surface area contributed by atoms with Crippen LogP contribution in [0.15, 0.2) is 115 Å². The van der Waals surface area contributed by atoms with Gasteiger partial charge in [0.05, 0.1) is 0 Å². The quantitative estimate of drug-likeness (QED) is 0.293. The fourth-order valence-corrected chi connectivity index (χ4v) is 12.1. The van der Waals surface area contributed by atoms with E-state index in [9.17, 15) is 0 Å². The lowest BCUT2D eigenvalue weighted by molar-refractivity contribution is 1.49. The van der Waals surface area contributed by atoms with Gasteiger partial charge in [-0.1, -0.05) is 109 Å². The average Bonchev–Trinajstić information content (AvgIpc) is 3.37. The summed E-state index contributed by atoms with van der Waals surface area (Å²) in [4.78, 5) is 0. The van der Waals surface area contributed by atoms with Crippen LogP contribution in [0.2, 0.25) is 0 Å². The molecular weight excluding hydrogens is 432 g/mol. The molecule has 0 spiro atoms. The van der Waals surface area contributed by atoms with Crippen LogP contribution in [0.5, 0.6) is 0 Å². The van der Waals surface area contributed by atoms with E-state index in [2.05, 4.69) is 122 Å². The molecule has 0 saturated carbocycles. The molecule has 2 heteroatoms. The maximum atomic E-state index is 2.55. The summed E-state index contributed by atoms with van der Waals surface area (Å²) in [5.41, 5.74) is 4.16. The number of aryl methyl sites for hydroxylation is 1. The monoisotopic (exact) mass is 454 g/mol. The summed E-state index contributed by atoms with van der Waals surface area (Å²) >= 11 is 1.91. The third-order valence-corrected chi connectivity index (χ3v) is 13.2. The lowest BCUT2D eigenvalue weighted by atomic mass is 10.0. The van der Waals surface area contributed by atoms with E-state index in [0.717, 1.165) is 0 Å². The zero-order chi connectivity index (χ0) is 22.0.